The second-order valence-electron chi connectivity index (χ2n) is 4.28. The summed E-state index contributed by atoms with van der Waals surface area (Å²) in [6.45, 7) is 0.585. The SMILES string of the molecule is Clc1cccc(NCc2cccc(Br)n2)c1-n1cncn1. The Morgan fingerprint density at radius 1 is 1.19 bits per heavy atom. The number of halogens is 2. The molecule has 0 saturated heterocycles. The van der Waals surface area contributed by atoms with Gasteiger partial charge in [0.25, 0.3) is 0 Å². The minimum Gasteiger partial charge on any atom is -0.378 e. The van der Waals surface area contributed by atoms with Gasteiger partial charge in [0, 0.05) is 0 Å². The van der Waals surface area contributed by atoms with Crippen LogP contribution < -0.4 is 5.32 Å². The topological polar surface area (TPSA) is 55.6 Å². The zero-order valence-corrected chi connectivity index (χ0v) is 13.2. The van der Waals surface area contributed by atoms with Gasteiger partial charge in [0.1, 0.15) is 22.9 Å². The number of nitrogens with one attached hydrogen (secondary N) is 1. The van der Waals surface area contributed by atoms with Gasteiger partial charge in [-0.2, -0.15) is 5.10 Å². The Labute approximate surface area is 135 Å². The molecule has 0 radical (unpaired) electrons. The molecule has 0 unspecified atom stereocenters. The van der Waals surface area contributed by atoms with E-state index >= 15 is 0 Å². The van der Waals surface area contributed by atoms with Gasteiger partial charge in [0.15, 0.2) is 0 Å². The number of rotatable bonds is 4. The highest BCUT2D eigenvalue weighted by molar-refractivity contribution is 9.10. The lowest BCUT2D eigenvalue weighted by Crippen LogP contribution is -2.06. The molecule has 21 heavy (non-hydrogen) atoms. The van der Waals surface area contributed by atoms with Crippen molar-refractivity contribution in [2.75, 3.05) is 5.32 Å². The van der Waals surface area contributed by atoms with Gasteiger partial charge in [-0.15, -0.1) is 0 Å². The zero-order valence-electron chi connectivity index (χ0n) is 10.9. The fourth-order valence-electron chi connectivity index (χ4n) is 1.95. The van der Waals surface area contributed by atoms with E-state index in [1.807, 2.05) is 36.4 Å². The van der Waals surface area contributed by atoms with Crippen LogP contribution in [-0.2, 0) is 6.54 Å². The van der Waals surface area contributed by atoms with Gasteiger partial charge in [-0.1, -0.05) is 23.7 Å². The standard InChI is InChI=1S/C14H11BrClN5/c15-13-6-1-3-10(20-13)7-18-12-5-2-4-11(16)14(12)21-9-17-8-19-21/h1-6,8-9,18H,7H2. The van der Waals surface area contributed by atoms with E-state index in [9.17, 15) is 0 Å². The van der Waals surface area contributed by atoms with Crippen molar-refractivity contribution in [1.29, 1.82) is 0 Å². The first-order valence-corrected chi connectivity index (χ1v) is 7.40. The number of nitrogens with zero attached hydrogens (tertiary/aromatic N) is 4. The highest BCUT2D eigenvalue weighted by atomic mass is 79.9. The average molecular weight is 365 g/mol. The number of pyridine rings is 1. The van der Waals surface area contributed by atoms with Crippen molar-refractivity contribution in [2.45, 2.75) is 6.54 Å². The highest BCUT2D eigenvalue weighted by Crippen LogP contribution is 2.28. The summed E-state index contributed by atoms with van der Waals surface area (Å²) in [5.41, 5.74) is 2.57. The average Bonchev–Trinajstić information content (AvgIpc) is 2.99. The van der Waals surface area contributed by atoms with Crippen LogP contribution in [0.3, 0.4) is 0 Å². The Hall–Kier alpha value is -1.92. The third-order valence-electron chi connectivity index (χ3n) is 2.87. The zero-order chi connectivity index (χ0) is 14.7. The third-order valence-corrected chi connectivity index (χ3v) is 3.61. The summed E-state index contributed by atoms with van der Waals surface area (Å²) in [6.07, 6.45) is 3.09. The van der Waals surface area contributed by atoms with Gasteiger partial charge in [-0.25, -0.2) is 14.6 Å². The lowest BCUT2D eigenvalue weighted by atomic mass is 10.2. The molecule has 0 amide bonds. The summed E-state index contributed by atoms with van der Waals surface area (Å²) in [7, 11) is 0. The highest BCUT2D eigenvalue weighted by Gasteiger charge is 2.10. The number of para-hydroxylation sites is 1. The lowest BCUT2D eigenvalue weighted by molar-refractivity contribution is 0.877. The molecule has 0 saturated carbocycles. The fraction of sp³-hybridized carbons (Fsp3) is 0.0714. The number of hydrogen-bond acceptors (Lipinski definition) is 4. The van der Waals surface area contributed by atoms with Crippen molar-refractivity contribution in [1.82, 2.24) is 19.7 Å². The molecule has 106 valence electrons. The molecule has 1 aromatic carbocycles. The Morgan fingerprint density at radius 2 is 2.05 bits per heavy atom. The number of anilines is 1. The molecule has 0 aliphatic rings. The molecule has 0 atom stereocenters. The maximum Gasteiger partial charge on any atom is 0.138 e. The first-order valence-electron chi connectivity index (χ1n) is 6.23. The third kappa shape index (κ3) is 3.22. The number of benzene rings is 1. The van der Waals surface area contributed by atoms with Crippen molar-refractivity contribution in [2.24, 2.45) is 0 Å². The van der Waals surface area contributed by atoms with E-state index in [0.717, 1.165) is 21.7 Å². The lowest BCUT2D eigenvalue weighted by Gasteiger charge is -2.13. The van der Waals surface area contributed by atoms with Gasteiger partial charge in [0.05, 0.1) is 22.9 Å². The minimum absolute atomic E-state index is 0.585. The molecule has 0 spiro atoms. The van der Waals surface area contributed by atoms with E-state index in [0.29, 0.717) is 11.6 Å². The summed E-state index contributed by atoms with van der Waals surface area (Å²) >= 11 is 9.64. The van der Waals surface area contributed by atoms with Gasteiger partial charge >= 0.3 is 0 Å². The van der Waals surface area contributed by atoms with Gasteiger partial charge < -0.3 is 5.32 Å². The van der Waals surface area contributed by atoms with E-state index in [-0.39, 0.29) is 0 Å². The summed E-state index contributed by atoms with van der Waals surface area (Å²) in [6, 6.07) is 11.5. The van der Waals surface area contributed by atoms with Gasteiger partial charge in [-0.05, 0) is 40.2 Å². The van der Waals surface area contributed by atoms with Crippen LogP contribution in [0, 0.1) is 0 Å². The summed E-state index contributed by atoms with van der Waals surface area (Å²) in [5.74, 6) is 0. The normalized spacial score (nSPS) is 10.6. The van der Waals surface area contributed by atoms with E-state index in [2.05, 4.69) is 36.3 Å². The first-order chi connectivity index (χ1) is 10.2. The molecular weight excluding hydrogens is 354 g/mol. The molecule has 2 heterocycles. The van der Waals surface area contributed by atoms with Crippen LogP contribution in [-0.4, -0.2) is 19.7 Å². The largest absolute Gasteiger partial charge is 0.378 e. The Balaban J connectivity index is 1.88. The van der Waals surface area contributed by atoms with E-state index in [1.165, 1.54) is 6.33 Å². The van der Waals surface area contributed by atoms with Crippen LogP contribution in [0.1, 0.15) is 5.69 Å². The molecule has 1 N–H and O–H groups in total. The van der Waals surface area contributed by atoms with Crippen LogP contribution in [0.4, 0.5) is 5.69 Å². The van der Waals surface area contributed by atoms with Crippen molar-refractivity contribution in [3.63, 3.8) is 0 Å². The first kappa shape index (κ1) is 14.0. The maximum absolute atomic E-state index is 6.28. The van der Waals surface area contributed by atoms with Crippen LogP contribution >= 0.6 is 27.5 Å². The van der Waals surface area contributed by atoms with Crippen molar-refractivity contribution in [3.8, 4) is 5.69 Å². The number of aromatic nitrogens is 4. The second-order valence-corrected chi connectivity index (χ2v) is 5.50. The monoisotopic (exact) mass is 363 g/mol. The molecule has 3 aromatic rings. The molecule has 0 bridgehead atoms. The maximum atomic E-state index is 6.28. The van der Waals surface area contributed by atoms with E-state index in [4.69, 9.17) is 11.6 Å². The summed E-state index contributed by atoms with van der Waals surface area (Å²) < 4.78 is 2.45. The molecule has 2 aromatic heterocycles. The van der Waals surface area contributed by atoms with E-state index in [1.54, 1.807) is 11.0 Å². The second kappa shape index (κ2) is 6.24. The predicted molar refractivity (Wildman–Crippen MR) is 85.6 cm³/mol. The predicted octanol–water partition coefficient (Wildman–Crippen LogP) is 3.69. The quantitative estimate of drug-likeness (QED) is 0.717. The van der Waals surface area contributed by atoms with Crippen LogP contribution in [0.5, 0.6) is 0 Å². The van der Waals surface area contributed by atoms with E-state index < -0.39 is 0 Å². The molecule has 3 rings (SSSR count). The molecular formula is C14H11BrClN5. The van der Waals surface area contributed by atoms with Crippen molar-refractivity contribution >= 4 is 33.2 Å². The number of hydrogen-bond donors (Lipinski definition) is 1. The molecule has 0 fully saturated rings. The van der Waals surface area contributed by atoms with Crippen LogP contribution in [0.15, 0.2) is 53.7 Å². The summed E-state index contributed by atoms with van der Waals surface area (Å²) in [5, 5.41) is 8.07. The van der Waals surface area contributed by atoms with Crippen LogP contribution in [0.25, 0.3) is 5.69 Å². The summed E-state index contributed by atoms with van der Waals surface area (Å²) in [4.78, 5) is 8.35. The molecule has 0 aliphatic carbocycles. The van der Waals surface area contributed by atoms with Gasteiger partial charge in [0.2, 0.25) is 0 Å². The smallest absolute Gasteiger partial charge is 0.138 e. The Kier molecular flexibility index (Phi) is 4.17. The van der Waals surface area contributed by atoms with Crippen LogP contribution in [0.2, 0.25) is 5.02 Å². The minimum atomic E-state index is 0.585. The van der Waals surface area contributed by atoms with Gasteiger partial charge in [-0.3, -0.25) is 0 Å². The van der Waals surface area contributed by atoms with Crippen molar-refractivity contribution in [3.05, 3.63) is 64.4 Å². The molecule has 5 nitrogen and oxygen atoms in total. The Bertz CT molecular complexity index is 745. The fourth-order valence-corrected chi connectivity index (χ4v) is 2.59. The van der Waals surface area contributed by atoms with Crippen molar-refractivity contribution < 1.29 is 0 Å². The Morgan fingerprint density at radius 3 is 2.81 bits per heavy atom. The molecule has 0 aliphatic heterocycles. The molecule has 7 heteroatoms.